The van der Waals surface area contributed by atoms with Gasteiger partial charge in [-0.05, 0) is 42.0 Å². The van der Waals surface area contributed by atoms with Crippen molar-refractivity contribution >= 4 is 17.5 Å². The number of carbonyl (C=O) groups excluding carboxylic acids is 1. The second-order valence-electron chi connectivity index (χ2n) is 5.16. The molecule has 0 amide bonds. The largest absolute Gasteiger partial charge is 0.485 e. The van der Waals surface area contributed by atoms with Crippen LogP contribution < -0.4 is 4.74 Å². The number of hydrogen-bond acceptors (Lipinski definition) is 3. The molecule has 0 spiro atoms. The number of hydrogen-bond donors (Lipinski definition) is 0. The van der Waals surface area contributed by atoms with Crippen molar-refractivity contribution in [2.75, 3.05) is 12.9 Å². The van der Waals surface area contributed by atoms with Gasteiger partial charge in [-0.2, -0.15) is 0 Å². The van der Waals surface area contributed by atoms with Crippen LogP contribution in [0.15, 0.2) is 53.4 Å². The second-order valence-corrected chi connectivity index (χ2v) is 6.04. The van der Waals surface area contributed by atoms with E-state index in [1.165, 1.54) is 10.5 Å². The average molecular weight is 300 g/mol. The van der Waals surface area contributed by atoms with Crippen LogP contribution in [0.25, 0.3) is 0 Å². The molecule has 0 N–H and O–H groups in total. The molecule has 2 nitrogen and oxygen atoms in total. The number of thioether (sulfide) groups is 1. The molecular weight excluding hydrogens is 280 g/mol. The third kappa shape index (κ3) is 4.36. The lowest BCUT2D eigenvalue weighted by molar-refractivity contribution is 0.0921. The summed E-state index contributed by atoms with van der Waals surface area (Å²) in [6.45, 7) is 4.34. The highest BCUT2D eigenvalue weighted by Gasteiger charge is 2.08. The summed E-state index contributed by atoms with van der Waals surface area (Å²) in [5.74, 6) is 1.19. The van der Waals surface area contributed by atoms with E-state index < -0.39 is 0 Å². The van der Waals surface area contributed by atoms with Crippen molar-refractivity contribution in [3.63, 3.8) is 0 Å². The summed E-state index contributed by atoms with van der Waals surface area (Å²) in [6, 6.07) is 15.5. The molecule has 2 aromatic rings. The summed E-state index contributed by atoms with van der Waals surface area (Å²) in [5.41, 5.74) is 1.93. The van der Waals surface area contributed by atoms with Gasteiger partial charge >= 0.3 is 0 Å². The number of benzene rings is 2. The predicted octanol–water partition coefficient (Wildman–Crippen LogP) is 4.79. The van der Waals surface area contributed by atoms with E-state index >= 15 is 0 Å². The molecule has 3 heteroatoms. The molecule has 0 fully saturated rings. The van der Waals surface area contributed by atoms with Gasteiger partial charge in [0.05, 0.1) is 0 Å². The first-order valence-electron chi connectivity index (χ1n) is 7.00. The van der Waals surface area contributed by atoms with Gasteiger partial charge in [-0.1, -0.05) is 38.1 Å². The standard InChI is InChI=1S/C18H20O2S/c1-13(2)14-4-6-15(7-5-14)18(19)12-20-16-8-10-17(21-3)11-9-16/h4-11,13H,12H2,1-3H3. The molecule has 0 saturated carbocycles. The fourth-order valence-electron chi connectivity index (χ4n) is 1.96. The average Bonchev–Trinajstić information content (AvgIpc) is 2.53. The molecule has 110 valence electrons. The van der Waals surface area contributed by atoms with Gasteiger partial charge in [0.15, 0.2) is 12.4 Å². The van der Waals surface area contributed by atoms with Gasteiger partial charge in [0.2, 0.25) is 0 Å². The van der Waals surface area contributed by atoms with Crippen molar-refractivity contribution in [2.24, 2.45) is 0 Å². The molecule has 0 heterocycles. The molecule has 0 bridgehead atoms. The summed E-state index contributed by atoms with van der Waals surface area (Å²) < 4.78 is 5.54. The smallest absolute Gasteiger partial charge is 0.200 e. The van der Waals surface area contributed by atoms with E-state index in [9.17, 15) is 4.79 Å². The fourth-order valence-corrected chi connectivity index (χ4v) is 2.37. The summed E-state index contributed by atoms with van der Waals surface area (Å²) in [4.78, 5) is 13.3. The van der Waals surface area contributed by atoms with Gasteiger partial charge in [-0.3, -0.25) is 4.79 Å². The molecular formula is C18H20O2S. The Morgan fingerprint density at radius 3 is 2.19 bits per heavy atom. The van der Waals surface area contributed by atoms with Crippen LogP contribution in [-0.2, 0) is 0 Å². The minimum absolute atomic E-state index is 0.000695. The van der Waals surface area contributed by atoms with E-state index in [0.717, 1.165) is 5.75 Å². The van der Waals surface area contributed by atoms with Crippen molar-refractivity contribution in [1.82, 2.24) is 0 Å². The molecule has 2 rings (SSSR count). The van der Waals surface area contributed by atoms with E-state index in [0.29, 0.717) is 11.5 Å². The highest BCUT2D eigenvalue weighted by molar-refractivity contribution is 7.98. The van der Waals surface area contributed by atoms with E-state index in [2.05, 4.69) is 13.8 Å². The Labute approximate surface area is 130 Å². The van der Waals surface area contributed by atoms with Crippen molar-refractivity contribution in [3.05, 3.63) is 59.7 Å². The predicted molar refractivity (Wildman–Crippen MR) is 88.6 cm³/mol. The summed E-state index contributed by atoms with van der Waals surface area (Å²) in [6.07, 6.45) is 2.03. The van der Waals surface area contributed by atoms with Crippen LogP contribution in [0.1, 0.15) is 35.7 Å². The monoisotopic (exact) mass is 300 g/mol. The van der Waals surface area contributed by atoms with Crippen LogP contribution in [-0.4, -0.2) is 18.6 Å². The molecule has 0 atom stereocenters. The van der Waals surface area contributed by atoms with E-state index in [-0.39, 0.29) is 12.4 Å². The lowest BCUT2D eigenvalue weighted by Gasteiger charge is -2.08. The maximum atomic E-state index is 12.1. The van der Waals surface area contributed by atoms with Gasteiger partial charge in [-0.15, -0.1) is 11.8 Å². The summed E-state index contributed by atoms with van der Waals surface area (Å²) >= 11 is 1.68. The lowest BCUT2D eigenvalue weighted by atomic mass is 10.0. The SMILES string of the molecule is CSc1ccc(OCC(=O)c2ccc(C(C)C)cc2)cc1. The minimum atomic E-state index is -0.000695. The maximum Gasteiger partial charge on any atom is 0.200 e. The Balaban J connectivity index is 1.94. The van der Waals surface area contributed by atoms with Gasteiger partial charge in [-0.25, -0.2) is 0 Å². The quantitative estimate of drug-likeness (QED) is 0.566. The van der Waals surface area contributed by atoms with Crippen LogP contribution in [0.5, 0.6) is 5.75 Å². The minimum Gasteiger partial charge on any atom is -0.485 e. The van der Waals surface area contributed by atoms with E-state index in [1.807, 2.05) is 54.8 Å². The van der Waals surface area contributed by atoms with Gasteiger partial charge in [0.1, 0.15) is 5.75 Å². The molecule has 0 saturated heterocycles. The molecule has 21 heavy (non-hydrogen) atoms. The molecule has 0 aliphatic rings. The normalized spacial score (nSPS) is 10.7. The third-order valence-corrected chi connectivity index (χ3v) is 4.07. The van der Waals surface area contributed by atoms with Crippen LogP contribution in [0.3, 0.4) is 0 Å². The summed E-state index contributed by atoms with van der Waals surface area (Å²) in [5, 5.41) is 0. The Morgan fingerprint density at radius 1 is 1.05 bits per heavy atom. The zero-order valence-corrected chi connectivity index (χ0v) is 13.4. The van der Waals surface area contributed by atoms with Crippen LogP contribution in [0, 0.1) is 0 Å². The number of ether oxygens (including phenoxy) is 1. The number of rotatable bonds is 6. The summed E-state index contributed by atoms with van der Waals surface area (Å²) in [7, 11) is 0. The fraction of sp³-hybridized carbons (Fsp3) is 0.278. The molecule has 0 radical (unpaired) electrons. The second kappa shape index (κ2) is 7.32. The Kier molecular flexibility index (Phi) is 5.45. The van der Waals surface area contributed by atoms with Crippen LogP contribution in [0.4, 0.5) is 0 Å². The Bertz CT molecular complexity index is 586. The van der Waals surface area contributed by atoms with Crippen molar-refractivity contribution in [2.45, 2.75) is 24.7 Å². The number of Topliss-reactive ketones (excluding diaryl/α,β-unsaturated/α-hetero) is 1. The highest BCUT2D eigenvalue weighted by Crippen LogP contribution is 2.19. The molecule has 0 unspecified atom stereocenters. The van der Waals surface area contributed by atoms with Crippen molar-refractivity contribution < 1.29 is 9.53 Å². The molecule has 2 aromatic carbocycles. The van der Waals surface area contributed by atoms with Gasteiger partial charge < -0.3 is 4.74 Å². The molecule has 0 aromatic heterocycles. The number of carbonyl (C=O) groups is 1. The van der Waals surface area contributed by atoms with Gasteiger partial charge in [0.25, 0.3) is 0 Å². The Hall–Kier alpha value is -1.74. The van der Waals surface area contributed by atoms with Gasteiger partial charge in [0, 0.05) is 10.5 Å². The Morgan fingerprint density at radius 2 is 1.67 bits per heavy atom. The molecule has 0 aliphatic carbocycles. The first kappa shape index (κ1) is 15.6. The van der Waals surface area contributed by atoms with Crippen LogP contribution >= 0.6 is 11.8 Å². The van der Waals surface area contributed by atoms with E-state index in [1.54, 1.807) is 11.8 Å². The van der Waals surface area contributed by atoms with E-state index in [4.69, 9.17) is 4.74 Å². The zero-order valence-electron chi connectivity index (χ0n) is 12.6. The first-order valence-corrected chi connectivity index (χ1v) is 8.22. The highest BCUT2D eigenvalue weighted by atomic mass is 32.2. The maximum absolute atomic E-state index is 12.1. The van der Waals surface area contributed by atoms with Crippen LogP contribution in [0.2, 0.25) is 0 Å². The van der Waals surface area contributed by atoms with Crippen molar-refractivity contribution in [3.8, 4) is 5.75 Å². The third-order valence-electron chi connectivity index (χ3n) is 3.33. The topological polar surface area (TPSA) is 26.3 Å². The molecule has 0 aliphatic heterocycles. The van der Waals surface area contributed by atoms with Crippen molar-refractivity contribution in [1.29, 1.82) is 0 Å². The zero-order chi connectivity index (χ0) is 15.2. The number of ketones is 1. The first-order chi connectivity index (χ1) is 10.1. The lowest BCUT2D eigenvalue weighted by Crippen LogP contribution is -2.11.